The number of amides is 1. The summed E-state index contributed by atoms with van der Waals surface area (Å²) in [7, 11) is 1.64. The first-order chi connectivity index (χ1) is 15.6. The molecule has 0 radical (unpaired) electrons. The minimum Gasteiger partial charge on any atom is -0.497 e. The number of benzene rings is 2. The maximum absolute atomic E-state index is 12.6. The molecule has 5 rings (SSSR count). The van der Waals surface area contributed by atoms with Crippen molar-refractivity contribution in [3.8, 4) is 22.7 Å². The molecule has 2 aromatic carbocycles. The van der Waals surface area contributed by atoms with Gasteiger partial charge in [0.2, 0.25) is 5.91 Å². The Bertz CT molecular complexity index is 1280. The molecule has 0 saturated heterocycles. The van der Waals surface area contributed by atoms with Crippen LogP contribution in [0.15, 0.2) is 82.7 Å². The van der Waals surface area contributed by atoms with Gasteiger partial charge in [-0.1, -0.05) is 30.3 Å². The minimum atomic E-state index is -0.235. The predicted molar refractivity (Wildman–Crippen MR) is 126 cm³/mol. The molecule has 32 heavy (non-hydrogen) atoms. The SMILES string of the molecule is COc1cccc(C2=NN(C(C)=O)C(c3cn(-c4ccccc4)nc3-c3ccsc3)C2)c1. The number of hydrogen-bond acceptors (Lipinski definition) is 5. The Morgan fingerprint density at radius 3 is 2.66 bits per heavy atom. The number of methoxy groups -OCH3 is 1. The lowest BCUT2D eigenvalue weighted by atomic mass is 9.97. The van der Waals surface area contributed by atoms with E-state index in [2.05, 4.69) is 11.4 Å². The van der Waals surface area contributed by atoms with Gasteiger partial charge in [-0.3, -0.25) is 4.79 Å². The average molecular weight is 443 g/mol. The highest BCUT2D eigenvalue weighted by Crippen LogP contribution is 2.39. The summed E-state index contributed by atoms with van der Waals surface area (Å²) in [6.45, 7) is 1.55. The summed E-state index contributed by atoms with van der Waals surface area (Å²) >= 11 is 1.63. The van der Waals surface area contributed by atoms with Crippen LogP contribution in [0.25, 0.3) is 16.9 Å². The molecule has 1 aliphatic heterocycles. The Morgan fingerprint density at radius 2 is 1.94 bits per heavy atom. The second-order valence-corrected chi connectivity index (χ2v) is 8.37. The zero-order valence-corrected chi connectivity index (χ0v) is 18.6. The predicted octanol–water partition coefficient (Wildman–Crippen LogP) is 5.31. The summed E-state index contributed by atoms with van der Waals surface area (Å²) < 4.78 is 7.25. The van der Waals surface area contributed by atoms with E-state index in [4.69, 9.17) is 14.9 Å². The van der Waals surface area contributed by atoms with Crippen molar-refractivity contribution in [2.24, 2.45) is 5.10 Å². The lowest BCUT2D eigenvalue weighted by Crippen LogP contribution is -2.24. The largest absolute Gasteiger partial charge is 0.497 e. The van der Waals surface area contributed by atoms with Crippen LogP contribution < -0.4 is 4.74 Å². The van der Waals surface area contributed by atoms with Crippen LogP contribution in [0, 0.1) is 0 Å². The lowest BCUT2D eigenvalue weighted by molar-refractivity contribution is -0.130. The van der Waals surface area contributed by atoms with Crippen molar-refractivity contribution in [3.05, 3.63) is 88.7 Å². The number of aromatic nitrogens is 2. The van der Waals surface area contributed by atoms with Crippen LogP contribution in [0.5, 0.6) is 5.75 Å². The van der Waals surface area contributed by atoms with Crippen molar-refractivity contribution in [2.75, 3.05) is 7.11 Å². The molecule has 0 N–H and O–H groups in total. The van der Waals surface area contributed by atoms with Gasteiger partial charge in [0, 0.05) is 41.6 Å². The number of para-hydroxylation sites is 1. The lowest BCUT2D eigenvalue weighted by Gasteiger charge is -2.20. The fourth-order valence-electron chi connectivity index (χ4n) is 3.99. The molecule has 1 atom stereocenters. The van der Waals surface area contributed by atoms with Gasteiger partial charge in [0.1, 0.15) is 5.75 Å². The Hall–Kier alpha value is -3.71. The van der Waals surface area contributed by atoms with Gasteiger partial charge in [0.05, 0.1) is 30.2 Å². The van der Waals surface area contributed by atoms with Crippen molar-refractivity contribution in [1.82, 2.24) is 14.8 Å². The normalized spacial score (nSPS) is 15.6. The molecule has 160 valence electrons. The number of nitrogens with zero attached hydrogens (tertiary/aromatic N) is 4. The molecule has 7 heteroatoms. The first kappa shape index (κ1) is 20.2. The molecule has 3 heterocycles. The standard InChI is InChI=1S/C25H22N4O2S/c1-17(30)29-24(14-23(26-29)18-7-6-10-21(13-18)31-2)22-15-28(20-8-4-3-5-9-20)27-25(22)19-11-12-32-16-19/h3-13,15-16,24H,14H2,1-2H3. The zero-order valence-electron chi connectivity index (χ0n) is 17.8. The molecular weight excluding hydrogens is 420 g/mol. The third kappa shape index (κ3) is 3.71. The molecule has 0 saturated carbocycles. The highest BCUT2D eigenvalue weighted by Gasteiger charge is 2.35. The van der Waals surface area contributed by atoms with Crippen molar-refractivity contribution in [3.63, 3.8) is 0 Å². The maximum atomic E-state index is 12.6. The van der Waals surface area contributed by atoms with Gasteiger partial charge in [0.25, 0.3) is 0 Å². The van der Waals surface area contributed by atoms with E-state index in [1.807, 2.05) is 70.9 Å². The monoisotopic (exact) mass is 442 g/mol. The molecule has 1 unspecified atom stereocenters. The zero-order chi connectivity index (χ0) is 22.1. The van der Waals surface area contributed by atoms with Crippen LogP contribution in [0.4, 0.5) is 0 Å². The summed E-state index contributed by atoms with van der Waals surface area (Å²) in [5.74, 6) is 0.663. The Kier molecular flexibility index (Phi) is 5.33. The second kappa shape index (κ2) is 8.43. The topological polar surface area (TPSA) is 59.7 Å². The van der Waals surface area contributed by atoms with Crippen molar-refractivity contribution in [1.29, 1.82) is 0 Å². The van der Waals surface area contributed by atoms with Gasteiger partial charge in [-0.25, -0.2) is 9.69 Å². The third-order valence-corrected chi connectivity index (χ3v) is 6.24. The Labute approximate surface area is 190 Å². The number of thiophene rings is 1. The molecule has 1 amide bonds. The fraction of sp³-hybridized carbons (Fsp3) is 0.160. The highest BCUT2D eigenvalue weighted by molar-refractivity contribution is 7.08. The van der Waals surface area contributed by atoms with Crippen LogP contribution in [0.3, 0.4) is 0 Å². The maximum Gasteiger partial charge on any atom is 0.240 e. The summed E-state index contributed by atoms with van der Waals surface area (Å²) in [4.78, 5) is 12.6. The quantitative estimate of drug-likeness (QED) is 0.421. The number of ether oxygens (including phenoxy) is 1. The van der Waals surface area contributed by atoms with Crippen LogP contribution in [-0.2, 0) is 4.79 Å². The summed E-state index contributed by atoms with van der Waals surface area (Å²) in [6.07, 6.45) is 2.62. The number of hydrogen-bond donors (Lipinski definition) is 0. The molecule has 4 aromatic rings. The van der Waals surface area contributed by atoms with Gasteiger partial charge in [-0.2, -0.15) is 21.5 Å². The van der Waals surface area contributed by atoms with Crippen molar-refractivity contribution >= 4 is 23.0 Å². The summed E-state index contributed by atoms with van der Waals surface area (Å²) in [5, 5.41) is 15.3. The van der Waals surface area contributed by atoms with Gasteiger partial charge in [0.15, 0.2) is 0 Å². The molecule has 0 spiro atoms. The number of carbonyl (C=O) groups is 1. The first-order valence-corrected chi connectivity index (χ1v) is 11.3. The molecular formula is C25H22N4O2S. The minimum absolute atomic E-state index is 0.100. The molecule has 0 aliphatic carbocycles. The summed E-state index contributed by atoms with van der Waals surface area (Å²) in [5.41, 5.74) is 5.66. The average Bonchev–Trinajstić information content (AvgIpc) is 3.58. The van der Waals surface area contributed by atoms with Crippen LogP contribution >= 0.6 is 11.3 Å². The van der Waals surface area contributed by atoms with E-state index in [-0.39, 0.29) is 11.9 Å². The second-order valence-electron chi connectivity index (χ2n) is 7.59. The van der Waals surface area contributed by atoms with Gasteiger partial charge < -0.3 is 4.74 Å². The van der Waals surface area contributed by atoms with E-state index in [9.17, 15) is 4.79 Å². The van der Waals surface area contributed by atoms with E-state index in [1.54, 1.807) is 30.4 Å². The van der Waals surface area contributed by atoms with E-state index in [1.165, 1.54) is 0 Å². The number of hydrazone groups is 1. The first-order valence-electron chi connectivity index (χ1n) is 10.3. The van der Waals surface area contributed by atoms with E-state index in [0.29, 0.717) is 6.42 Å². The van der Waals surface area contributed by atoms with Crippen LogP contribution in [-0.4, -0.2) is 33.5 Å². The van der Waals surface area contributed by atoms with Crippen molar-refractivity contribution in [2.45, 2.75) is 19.4 Å². The third-order valence-electron chi connectivity index (χ3n) is 5.55. The van der Waals surface area contributed by atoms with Gasteiger partial charge in [-0.05, 0) is 35.7 Å². The van der Waals surface area contributed by atoms with Crippen LogP contribution in [0.1, 0.15) is 30.5 Å². The van der Waals surface area contributed by atoms with E-state index >= 15 is 0 Å². The fourth-order valence-corrected chi connectivity index (χ4v) is 4.63. The molecule has 2 aromatic heterocycles. The highest BCUT2D eigenvalue weighted by atomic mass is 32.1. The molecule has 0 fully saturated rings. The van der Waals surface area contributed by atoms with Crippen molar-refractivity contribution < 1.29 is 9.53 Å². The smallest absolute Gasteiger partial charge is 0.240 e. The van der Waals surface area contributed by atoms with E-state index in [0.717, 1.165) is 39.5 Å². The Balaban J connectivity index is 1.58. The molecule has 0 bridgehead atoms. The van der Waals surface area contributed by atoms with Gasteiger partial charge in [-0.15, -0.1) is 0 Å². The molecule has 6 nitrogen and oxygen atoms in total. The molecule has 1 aliphatic rings. The van der Waals surface area contributed by atoms with Crippen LogP contribution in [0.2, 0.25) is 0 Å². The Morgan fingerprint density at radius 1 is 1.09 bits per heavy atom. The van der Waals surface area contributed by atoms with Gasteiger partial charge >= 0.3 is 0 Å². The summed E-state index contributed by atoms with van der Waals surface area (Å²) in [6, 6.07) is 19.6. The van der Waals surface area contributed by atoms with E-state index < -0.39 is 0 Å². The number of carbonyl (C=O) groups excluding carboxylic acids is 1. The number of rotatable bonds is 5.